The molecule has 68 valence electrons. The second-order valence-electron chi connectivity index (χ2n) is 3.03. The van der Waals surface area contributed by atoms with Crippen LogP contribution in [0.2, 0.25) is 4.34 Å². The van der Waals surface area contributed by atoms with Crippen molar-refractivity contribution in [3.05, 3.63) is 33.7 Å². The first kappa shape index (κ1) is 9.00. The molecule has 0 unspecified atom stereocenters. The minimum atomic E-state index is 0.0896. The van der Waals surface area contributed by atoms with Gasteiger partial charge in [-0.25, -0.2) is 0 Å². The second kappa shape index (κ2) is 3.29. The number of fused-ring (bicyclic) bond motifs is 1. The number of thiophene rings is 1. The van der Waals surface area contributed by atoms with Gasteiger partial charge in [0.2, 0.25) is 0 Å². The zero-order valence-corrected chi connectivity index (χ0v) is 8.75. The van der Waals surface area contributed by atoms with E-state index in [1.165, 1.54) is 10.9 Å². The Balaban J connectivity index is 2.75. The number of aryl methyl sites for hydroxylation is 1. The van der Waals surface area contributed by atoms with E-state index in [2.05, 4.69) is 0 Å². The third-order valence-electron chi connectivity index (χ3n) is 2.06. The van der Waals surface area contributed by atoms with Gasteiger partial charge in [0.1, 0.15) is 0 Å². The number of hydrogen-bond acceptors (Lipinski definition) is 2. The van der Waals surface area contributed by atoms with Crippen LogP contribution in [0.4, 0.5) is 0 Å². The summed E-state index contributed by atoms with van der Waals surface area (Å²) in [5.74, 6) is 0. The summed E-state index contributed by atoms with van der Waals surface area (Å²) in [4.78, 5) is 0. The molecule has 2 rings (SSSR count). The lowest BCUT2D eigenvalue weighted by atomic mass is 10.1. The maximum atomic E-state index is 9.00. The molecule has 0 atom stereocenters. The summed E-state index contributed by atoms with van der Waals surface area (Å²) in [5.41, 5.74) is 2.12. The molecular weight excluding hydrogens is 204 g/mol. The van der Waals surface area contributed by atoms with Crippen molar-refractivity contribution in [2.24, 2.45) is 0 Å². The van der Waals surface area contributed by atoms with Crippen molar-refractivity contribution in [1.82, 2.24) is 0 Å². The summed E-state index contributed by atoms with van der Waals surface area (Å²) in [6.07, 6.45) is 0. The first-order chi connectivity index (χ1) is 6.20. The Morgan fingerprint density at radius 3 is 2.85 bits per heavy atom. The largest absolute Gasteiger partial charge is 0.392 e. The van der Waals surface area contributed by atoms with E-state index < -0.39 is 0 Å². The van der Waals surface area contributed by atoms with Crippen LogP contribution in [0, 0.1) is 6.92 Å². The Bertz CT molecular complexity index is 447. The van der Waals surface area contributed by atoms with Crippen molar-refractivity contribution in [1.29, 1.82) is 0 Å². The summed E-state index contributed by atoms with van der Waals surface area (Å²) in [5, 5.41) is 10.2. The highest BCUT2D eigenvalue weighted by Crippen LogP contribution is 2.32. The molecule has 3 heteroatoms. The summed E-state index contributed by atoms with van der Waals surface area (Å²) >= 11 is 7.46. The van der Waals surface area contributed by atoms with Crippen LogP contribution in [0.5, 0.6) is 0 Å². The lowest BCUT2D eigenvalue weighted by molar-refractivity contribution is 0.282. The summed E-state index contributed by atoms with van der Waals surface area (Å²) < 4.78 is 1.95. The molecule has 1 aromatic carbocycles. The van der Waals surface area contributed by atoms with E-state index in [4.69, 9.17) is 16.7 Å². The fraction of sp³-hybridized carbons (Fsp3) is 0.200. The predicted molar refractivity (Wildman–Crippen MR) is 57.5 cm³/mol. The quantitative estimate of drug-likeness (QED) is 0.769. The molecule has 0 fully saturated rings. The Morgan fingerprint density at radius 1 is 1.38 bits per heavy atom. The molecule has 0 aliphatic carbocycles. The SMILES string of the molecule is Cc1cc(CO)cc2sc(Cl)cc12. The third-order valence-corrected chi connectivity index (χ3v) is 3.27. The summed E-state index contributed by atoms with van der Waals surface area (Å²) in [7, 11) is 0. The first-order valence-electron chi connectivity index (χ1n) is 4.00. The van der Waals surface area contributed by atoms with Crippen molar-refractivity contribution >= 4 is 33.0 Å². The van der Waals surface area contributed by atoms with Gasteiger partial charge in [-0.1, -0.05) is 17.7 Å². The zero-order chi connectivity index (χ0) is 9.42. The molecule has 0 saturated heterocycles. The van der Waals surface area contributed by atoms with Gasteiger partial charge in [0.15, 0.2) is 0 Å². The minimum Gasteiger partial charge on any atom is -0.392 e. The number of halogens is 1. The minimum absolute atomic E-state index is 0.0896. The standard InChI is InChI=1S/C10H9ClOS/c1-6-2-7(5-12)3-9-8(6)4-10(11)13-9/h2-4,12H,5H2,1H3. The second-order valence-corrected chi connectivity index (χ2v) is 4.75. The molecule has 0 aliphatic rings. The van der Waals surface area contributed by atoms with Crippen molar-refractivity contribution in [2.75, 3.05) is 0 Å². The van der Waals surface area contributed by atoms with Crippen LogP contribution in [-0.4, -0.2) is 5.11 Å². The number of hydrogen-bond donors (Lipinski definition) is 1. The van der Waals surface area contributed by atoms with Crippen molar-refractivity contribution in [3.8, 4) is 0 Å². The summed E-state index contributed by atoms with van der Waals surface area (Å²) in [6.45, 7) is 2.12. The summed E-state index contributed by atoms with van der Waals surface area (Å²) in [6, 6.07) is 5.95. The van der Waals surface area contributed by atoms with Crippen LogP contribution in [0.3, 0.4) is 0 Å². The Hall–Kier alpha value is -0.570. The molecule has 1 aromatic heterocycles. The molecule has 2 aromatic rings. The average molecular weight is 213 g/mol. The maximum absolute atomic E-state index is 9.00. The molecular formula is C10H9ClOS. The van der Waals surface area contributed by atoms with Gasteiger partial charge < -0.3 is 5.11 Å². The smallest absolute Gasteiger partial charge is 0.0940 e. The molecule has 0 radical (unpaired) electrons. The monoisotopic (exact) mass is 212 g/mol. The van der Waals surface area contributed by atoms with Gasteiger partial charge in [-0.05, 0) is 35.6 Å². The molecule has 0 aliphatic heterocycles. The van der Waals surface area contributed by atoms with E-state index in [1.807, 2.05) is 25.1 Å². The number of aliphatic hydroxyl groups is 1. The lowest BCUT2D eigenvalue weighted by Crippen LogP contribution is -1.83. The highest BCUT2D eigenvalue weighted by Gasteiger charge is 2.04. The van der Waals surface area contributed by atoms with Gasteiger partial charge in [0.05, 0.1) is 10.9 Å². The van der Waals surface area contributed by atoms with Gasteiger partial charge >= 0.3 is 0 Å². The van der Waals surface area contributed by atoms with Crippen LogP contribution in [0.25, 0.3) is 10.1 Å². The molecule has 0 amide bonds. The van der Waals surface area contributed by atoms with Crippen molar-refractivity contribution < 1.29 is 5.11 Å². The molecule has 13 heavy (non-hydrogen) atoms. The lowest BCUT2D eigenvalue weighted by Gasteiger charge is -1.99. The van der Waals surface area contributed by atoms with Crippen molar-refractivity contribution in [2.45, 2.75) is 13.5 Å². The zero-order valence-electron chi connectivity index (χ0n) is 7.17. The number of aliphatic hydroxyl groups excluding tert-OH is 1. The van der Waals surface area contributed by atoms with E-state index in [-0.39, 0.29) is 6.61 Å². The van der Waals surface area contributed by atoms with E-state index in [9.17, 15) is 0 Å². The third kappa shape index (κ3) is 1.57. The maximum Gasteiger partial charge on any atom is 0.0940 e. The highest BCUT2D eigenvalue weighted by atomic mass is 35.5. The fourth-order valence-electron chi connectivity index (χ4n) is 1.45. The van der Waals surface area contributed by atoms with Crippen LogP contribution < -0.4 is 0 Å². The molecule has 0 bridgehead atoms. The van der Waals surface area contributed by atoms with E-state index in [0.29, 0.717) is 0 Å². The Labute approximate surface area is 85.6 Å². The van der Waals surface area contributed by atoms with Gasteiger partial charge in [-0.2, -0.15) is 0 Å². The molecule has 1 heterocycles. The van der Waals surface area contributed by atoms with E-state index in [1.54, 1.807) is 11.3 Å². The fourth-order valence-corrected chi connectivity index (χ4v) is 2.73. The number of rotatable bonds is 1. The van der Waals surface area contributed by atoms with Crippen LogP contribution in [0.15, 0.2) is 18.2 Å². The molecule has 1 N–H and O–H groups in total. The molecule has 0 spiro atoms. The van der Waals surface area contributed by atoms with E-state index in [0.717, 1.165) is 14.6 Å². The average Bonchev–Trinajstić information content (AvgIpc) is 2.46. The van der Waals surface area contributed by atoms with E-state index >= 15 is 0 Å². The van der Waals surface area contributed by atoms with Gasteiger partial charge in [-0.15, -0.1) is 11.3 Å². The number of benzene rings is 1. The van der Waals surface area contributed by atoms with Crippen LogP contribution >= 0.6 is 22.9 Å². The van der Waals surface area contributed by atoms with Gasteiger partial charge in [0.25, 0.3) is 0 Å². The first-order valence-corrected chi connectivity index (χ1v) is 5.19. The molecule has 0 saturated carbocycles. The predicted octanol–water partition coefficient (Wildman–Crippen LogP) is 3.36. The van der Waals surface area contributed by atoms with Gasteiger partial charge in [0, 0.05) is 4.70 Å². The topological polar surface area (TPSA) is 20.2 Å². The highest BCUT2D eigenvalue weighted by molar-refractivity contribution is 7.22. The Morgan fingerprint density at radius 2 is 2.15 bits per heavy atom. The Kier molecular flexibility index (Phi) is 2.28. The van der Waals surface area contributed by atoms with Crippen LogP contribution in [-0.2, 0) is 6.61 Å². The van der Waals surface area contributed by atoms with Crippen molar-refractivity contribution in [3.63, 3.8) is 0 Å². The normalized spacial score (nSPS) is 11.0. The van der Waals surface area contributed by atoms with Gasteiger partial charge in [-0.3, -0.25) is 0 Å². The van der Waals surface area contributed by atoms with Crippen LogP contribution in [0.1, 0.15) is 11.1 Å². The molecule has 1 nitrogen and oxygen atoms in total.